The second-order valence-electron chi connectivity index (χ2n) is 1.94. The van der Waals surface area contributed by atoms with Crippen LogP contribution < -0.4 is 0 Å². The van der Waals surface area contributed by atoms with Crippen LogP contribution in [-0.4, -0.2) is 11.2 Å². The van der Waals surface area contributed by atoms with Crippen molar-refractivity contribution >= 4 is 27.7 Å². The summed E-state index contributed by atoms with van der Waals surface area (Å²) < 4.78 is 1.08. The quantitative estimate of drug-likeness (QED) is 0.672. The molecule has 1 rings (SSSR count). The lowest BCUT2D eigenvalue weighted by Crippen LogP contribution is -1.82. The number of nitrogens with zero attached hydrogens (tertiary/aromatic N) is 1. The summed E-state index contributed by atoms with van der Waals surface area (Å²) in [5, 5.41) is 0. The van der Waals surface area contributed by atoms with Crippen LogP contribution in [0, 0.1) is 6.92 Å². The molecule has 0 aliphatic heterocycles. The lowest BCUT2D eigenvalue weighted by molar-refractivity contribution is 1.13. The fourth-order valence-corrected chi connectivity index (χ4v) is 1.49. The van der Waals surface area contributed by atoms with Gasteiger partial charge in [-0.3, -0.25) is 4.98 Å². The van der Waals surface area contributed by atoms with Gasteiger partial charge in [0.25, 0.3) is 0 Å². The topological polar surface area (TPSA) is 12.9 Å². The van der Waals surface area contributed by atoms with Crippen molar-refractivity contribution in [1.82, 2.24) is 4.98 Å². The molecule has 0 fully saturated rings. The van der Waals surface area contributed by atoms with Crippen LogP contribution in [0.3, 0.4) is 0 Å². The lowest BCUT2D eigenvalue weighted by Gasteiger charge is -1.98. The Balaban J connectivity index is 3.04. The number of pyridine rings is 1. The molecule has 10 heavy (non-hydrogen) atoms. The van der Waals surface area contributed by atoms with E-state index in [0.29, 0.717) is 0 Å². The highest BCUT2D eigenvalue weighted by atomic mass is 79.9. The molecule has 0 bridgehead atoms. The molecule has 0 unspecified atom stereocenters. The number of aromatic nitrogens is 1. The molecule has 1 nitrogen and oxygen atoms in total. The summed E-state index contributed by atoms with van der Waals surface area (Å²) in [6.07, 6.45) is 3.92. The minimum atomic E-state index is 1.04. The minimum absolute atomic E-state index is 1.04. The van der Waals surface area contributed by atoms with E-state index in [0.717, 1.165) is 10.2 Å². The minimum Gasteiger partial charge on any atom is -0.259 e. The van der Waals surface area contributed by atoms with Crippen molar-refractivity contribution in [2.24, 2.45) is 0 Å². The van der Waals surface area contributed by atoms with E-state index >= 15 is 0 Å². The van der Waals surface area contributed by atoms with Crippen LogP contribution >= 0.6 is 27.7 Å². The molecule has 3 heteroatoms. The average Bonchev–Trinajstić information content (AvgIpc) is 1.95. The SMILES string of the molecule is CSc1cnc(C)c(Br)c1. The number of hydrogen-bond donors (Lipinski definition) is 0. The van der Waals surface area contributed by atoms with E-state index in [1.807, 2.05) is 19.4 Å². The molecule has 1 heterocycles. The van der Waals surface area contributed by atoms with Crippen molar-refractivity contribution in [3.05, 3.63) is 22.4 Å². The summed E-state index contributed by atoms with van der Waals surface area (Å²) in [6, 6.07) is 2.08. The monoisotopic (exact) mass is 217 g/mol. The van der Waals surface area contributed by atoms with Crippen LogP contribution in [0.15, 0.2) is 21.6 Å². The van der Waals surface area contributed by atoms with Gasteiger partial charge in [-0.25, -0.2) is 0 Å². The Morgan fingerprint density at radius 2 is 2.30 bits per heavy atom. The normalized spacial score (nSPS) is 9.90. The standard InChI is InChI=1S/C7H8BrNS/c1-5-7(8)3-6(10-2)4-9-5/h3-4H,1-2H3. The van der Waals surface area contributed by atoms with Crippen LogP contribution in [0.25, 0.3) is 0 Å². The van der Waals surface area contributed by atoms with Crippen molar-refractivity contribution in [3.8, 4) is 0 Å². The largest absolute Gasteiger partial charge is 0.259 e. The Labute approximate surface area is 73.4 Å². The molecule has 54 valence electrons. The van der Waals surface area contributed by atoms with E-state index in [9.17, 15) is 0 Å². The van der Waals surface area contributed by atoms with Gasteiger partial charge in [0.2, 0.25) is 0 Å². The third kappa shape index (κ3) is 1.73. The fourth-order valence-electron chi connectivity index (χ4n) is 0.600. The first-order valence-corrected chi connectivity index (χ1v) is 4.92. The summed E-state index contributed by atoms with van der Waals surface area (Å²) in [4.78, 5) is 5.37. The van der Waals surface area contributed by atoms with E-state index in [1.54, 1.807) is 11.8 Å². The Bertz CT molecular complexity index is 237. The smallest absolute Gasteiger partial charge is 0.0515 e. The summed E-state index contributed by atoms with van der Waals surface area (Å²) >= 11 is 5.11. The Morgan fingerprint density at radius 3 is 2.80 bits per heavy atom. The molecule has 0 atom stereocenters. The van der Waals surface area contributed by atoms with Gasteiger partial charge in [-0.15, -0.1) is 11.8 Å². The van der Waals surface area contributed by atoms with E-state index in [-0.39, 0.29) is 0 Å². The molecule has 0 N–H and O–H groups in total. The molecule has 1 aromatic rings. The highest BCUT2D eigenvalue weighted by molar-refractivity contribution is 9.10. The van der Waals surface area contributed by atoms with Gasteiger partial charge in [-0.2, -0.15) is 0 Å². The lowest BCUT2D eigenvalue weighted by atomic mass is 10.4. The third-order valence-corrected chi connectivity index (χ3v) is 2.73. The first-order chi connectivity index (χ1) is 4.74. The van der Waals surface area contributed by atoms with Gasteiger partial charge in [0.1, 0.15) is 0 Å². The van der Waals surface area contributed by atoms with Gasteiger partial charge in [0.05, 0.1) is 5.69 Å². The summed E-state index contributed by atoms with van der Waals surface area (Å²) in [7, 11) is 0. The maximum atomic E-state index is 4.18. The number of aryl methyl sites for hydroxylation is 1. The van der Waals surface area contributed by atoms with Crippen LogP contribution in [-0.2, 0) is 0 Å². The van der Waals surface area contributed by atoms with Gasteiger partial charge in [0.15, 0.2) is 0 Å². The van der Waals surface area contributed by atoms with Crippen molar-refractivity contribution in [2.75, 3.05) is 6.26 Å². The average molecular weight is 218 g/mol. The van der Waals surface area contributed by atoms with Crippen molar-refractivity contribution < 1.29 is 0 Å². The molecule has 1 aromatic heterocycles. The molecule has 0 aromatic carbocycles. The molecular formula is C7H8BrNS. The molecule has 0 saturated carbocycles. The maximum absolute atomic E-state index is 4.18. The van der Waals surface area contributed by atoms with Crippen molar-refractivity contribution in [3.63, 3.8) is 0 Å². The highest BCUT2D eigenvalue weighted by Gasteiger charge is 1.95. The van der Waals surface area contributed by atoms with E-state index in [1.165, 1.54) is 4.90 Å². The van der Waals surface area contributed by atoms with Crippen LogP contribution in [0.4, 0.5) is 0 Å². The predicted octanol–water partition coefficient (Wildman–Crippen LogP) is 2.87. The second kappa shape index (κ2) is 3.39. The number of rotatable bonds is 1. The molecule has 0 aliphatic rings. The third-order valence-electron chi connectivity index (χ3n) is 1.24. The van der Waals surface area contributed by atoms with Gasteiger partial charge >= 0.3 is 0 Å². The number of halogens is 1. The van der Waals surface area contributed by atoms with Gasteiger partial charge in [0, 0.05) is 15.6 Å². The van der Waals surface area contributed by atoms with Gasteiger partial charge in [-0.1, -0.05) is 0 Å². The van der Waals surface area contributed by atoms with E-state index in [4.69, 9.17) is 0 Å². The van der Waals surface area contributed by atoms with Crippen molar-refractivity contribution in [2.45, 2.75) is 11.8 Å². The van der Waals surface area contributed by atoms with Crippen LogP contribution in [0.2, 0.25) is 0 Å². The summed E-state index contributed by atoms with van der Waals surface area (Å²) in [5.74, 6) is 0. The fraction of sp³-hybridized carbons (Fsp3) is 0.286. The maximum Gasteiger partial charge on any atom is 0.0515 e. The highest BCUT2D eigenvalue weighted by Crippen LogP contribution is 2.20. The Morgan fingerprint density at radius 1 is 1.60 bits per heavy atom. The Hall–Kier alpha value is -0.0200. The zero-order chi connectivity index (χ0) is 7.56. The van der Waals surface area contributed by atoms with E-state index < -0.39 is 0 Å². The summed E-state index contributed by atoms with van der Waals surface area (Å²) in [6.45, 7) is 1.98. The zero-order valence-electron chi connectivity index (χ0n) is 5.89. The molecule has 0 aliphatic carbocycles. The number of thioether (sulfide) groups is 1. The van der Waals surface area contributed by atoms with Gasteiger partial charge in [-0.05, 0) is 35.2 Å². The van der Waals surface area contributed by atoms with Crippen molar-refractivity contribution in [1.29, 1.82) is 0 Å². The summed E-state index contributed by atoms with van der Waals surface area (Å²) in [5.41, 5.74) is 1.04. The second-order valence-corrected chi connectivity index (χ2v) is 3.68. The first kappa shape index (κ1) is 8.08. The molecular weight excluding hydrogens is 210 g/mol. The molecule has 0 amide bonds. The van der Waals surface area contributed by atoms with E-state index in [2.05, 4.69) is 27.0 Å². The predicted molar refractivity (Wildman–Crippen MR) is 48.5 cm³/mol. The molecule has 0 radical (unpaired) electrons. The number of hydrogen-bond acceptors (Lipinski definition) is 2. The Kier molecular flexibility index (Phi) is 2.74. The molecule has 0 saturated heterocycles. The van der Waals surface area contributed by atoms with Crippen LogP contribution in [0.5, 0.6) is 0 Å². The molecule has 0 spiro atoms. The first-order valence-electron chi connectivity index (χ1n) is 2.90. The van der Waals surface area contributed by atoms with Gasteiger partial charge < -0.3 is 0 Å². The van der Waals surface area contributed by atoms with Crippen LogP contribution in [0.1, 0.15) is 5.69 Å². The zero-order valence-corrected chi connectivity index (χ0v) is 8.29.